The highest BCUT2D eigenvalue weighted by Crippen LogP contribution is 2.45. The minimum Gasteiger partial charge on any atom is -0.330 e. The summed E-state index contributed by atoms with van der Waals surface area (Å²) in [4.78, 5) is 0. The van der Waals surface area contributed by atoms with Gasteiger partial charge in [0, 0.05) is 0 Å². The summed E-state index contributed by atoms with van der Waals surface area (Å²) in [5, 5.41) is 0. The molecule has 0 saturated heterocycles. The number of rotatable bonds is 2. The lowest BCUT2D eigenvalue weighted by molar-refractivity contribution is 0.113. The maximum absolute atomic E-state index is 5.69. The van der Waals surface area contributed by atoms with Crippen LogP contribution in [0.25, 0.3) is 0 Å². The molecule has 0 heterocycles. The van der Waals surface area contributed by atoms with Crippen molar-refractivity contribution in [1.82, 2.24) is 0 Å². The molecule has 2 atom stereocenters. The molecule has 64 valence electrons. The molecule has 0 spiro atoms. The Hall–Kier alpha value is -0.0400. The van der Waals surface area contributed by atoms with Crippen LogP contribution in [0.5, 0.6) is 0 Å². The molecule has 0 aromatic rings. The second kappa shape index (κ2) is 3.14. The summed E-state index contributed by atoms with van der Waals surface area (Å²) < 4.78 is 0. The molecule has 1 nitrogen and oxygen atoms in total. The molecule has 2 unspecified atom stereocenters. The molecule has 0 aromatic heterocycles. The van der Waals surface area contributed by atoms with Gasteiger partial charge < -0.3 is 5.73 Å². The third-order valence-corrected chi connectivity index (χ3v) is 3.78. The SMILES string of the molecule is NCC1CCC1C1CCCC1. The van der Waals surface area contributed by atoms with Crippen LogP contribution in [0.1, 0.15) is 38.5 Å². The Balaban J connectivity index is 1.84. The summed E-state index contributed by atoms with van der Waals surface area (Å²) in [5.74, 6) is 3.00. The van der Waals surface area contributed by atoms with E-state index in [2.05, 4.69) is 0 Å². The van der Waals surface area contributed by atoms with Crippen molar-refractivity contribution in [2.24, 2.45) is 23.5 Å². The van der Waals surface area contributed by atoms with Gasteiger partial charge in [-0.3, -0.25) is 0 Å². The molecule has 2 saturated carbocycles. The minimum absolute atomic E-state index is 0.901. The summed E-state index contributed by atoms with van der Waals surface area (Å²) in [7, 11) is 0. The van der Waals surface area contributed by atoms with Gasteiger partial charge >= 0.3 is 0 Å². The van der Waals surface area contributed by atoms with Gasteiger partial charge in [-0.25, -0.2) is 0 Å². The average Bonchev–Trinajstić information content (AvgIpc) is 2.39. The minimum atomic E-state index is 0.901. The van der Waals surface area contributed by atoms with Crippen LogP contribution in [0.4, 0.5) is 0 Å². The zero-order valence-corrected chi connectivity index (χ0v) is 7.26. The molecule has 0 amide bonds. The molecule has 2 rings (SSSR count). The highest BCUT2D eigenvalue weighted by molar-refractivity contribution is 4.88. The van der Waals surface area contributed by atoms with Crippen LogP contribution in [-0.4, -0.2) is 6.54 Å². The van der Waals surface area contributed by atoms with Gasteiger partial charge in [-0.05, 0) is 37.1 Å². The molecule has 2 aliphatic carbocycles. The van der Waals surface area contributed by atoms with E-state index in [1.807, 2.05) is 0 Å². The quantitative estimate of drug-likeness (QED) is 0.646. The molecular formula is C10H19N. The van der Waals surface area contributed by atoms with Gasteiger partial charge in [0.15, 0.2) is 0 Å². The van der Waals surface area contributed by atoms with Crippen LogP contribution in [0.3, 0.4) is 0 Å². The molecule has 11 heavy (non-hydrogen) atoms. The predicted molar refractivity (Wildman–Crippen MR) is 47.2 cm³/mol. The first kappa shape index (κ1) is 7.60. The van der Waals surface area contributed by atoms with E-state index < -0.39 is 0 Å². The van der Waals surface area contributed by atoms with E-state index in [0.717, 1.165) is 24.3 Å². The van der Waals surface area contributed by atoms with Crippen molar-refractivity contribution in [2.75, 3.05) is 6.54 Å². The van der Waals surface area contributed by atoms with Crippen molar-refractivity contribution in [3.8, 4) is 0 Å². The van der Waals surface area contributed by atoms with E-state index in [1.165, 1.54) is 38.5 Å². The van der Waals surface area contributed by atoms with Crippen molar-refractivity contribution >= 4 is 0 Å². The standard InChI is InChI=1S/C10H19N/c11-7-9-5-6-10(9)8-3-1-2-4-8/h8-10H,1-7,11H2. The maximum atomic E-state index is 5.69. The van der Waals surface area contributed by atoms with E-state index in [4.69, 9.17) is 5.73 Å². The lowest BCUT2D eigenvalue weighted by Gasteiger charge is -2.40. The van der Waals surface area contributed by atoms with Crippen LogP contribution in [0, 0.1) is 17.8 Å². The Morgan fingerprint density at radius 2 is 1.73 bits per heavy atom. The van der Waals surface area contributed by atoms with Gasteiger partial charge in [0.2, 0.25) is 0 Å². The summed E-state index contributed by atoms with van der Waals surface area (Å²) >= 11 is 0. The Labute approximate surface area is 69.4 Å². The first-order valence-electron chi connectivity index (χ1n) is 5.12. The van der Waals surface area contributed by atoms with Gasteiger partial charge in [-0.2, -0.15) is 0 Å². The van der Waals surface area contributed by atoms with Crippen molar-refractivity contribution < 1.29 is 0 Å². The summed E-state index contributed by atoms with van der Waals surface area (Å²) in [5.41, 5.74) is 5.69. The van der Waals surface area contributed by atoms with E-state index >= 15 is 0 Å². The zero-order valence-electron chi connectivity index (χ0n) is 7.26. The molecular weight excluding hydrogens is 134 g/mol. The molecule has 1 heteroatoms. The molecule has 0 radical (unpaired) electrons. The van der Waals surface area contributed by atoms with E-state index in [0.29, 0.717) is 0 Å². The van der Waals surface area contributed by atoms with Gasteiger partial charge in [-0.15, -0.1) is 0 Å². The molecule has 0 bridgehead atoms. The van der Waals surface area contributed by atoms with Gasteiger partial charge in [0.05, 0.1) is 0 Å². The Kier molecular flexibility index (Phi) is 2.17. The Morgan fingerprint density at radius 3 is 2.18 bits per heavy atom. The van der Waals surface area contributed by atoms with Gasteiger partial charge in [0.1, 0.15) is 0 Å². The van der Waals surface area contributed by atoms with E-state index in [9.17, 15) is 0 Å². The highest BCUT2D eigenvalue weighted by Gasteiger charge is 2.36. The fourth-order valence-electron chi connectivity index (χ4n) is 2.89. The van der Waals surface area contributed by atoms with Crippen molar-refractivity contribution in [2.45, 2.75) is 38.5 Å². The third-order valence-electron chi connectivity index (χ3n) is 3.78. The predicted octanol–water partition coefficient (Wildman–Crippen LogP) is 2.16. The fraction of sp³-hybridized carbons (Fsp3) is 1.00. The highest BCUT2D eigenvalue weighted by atomic mass is 14.6. The second-order valence-corrected chi connectivity index (χ2v) is 4.28. The van der Waals surface area contributed by atoms with Crippen molar-refractivity contribution in [3.63, 3.8) is 0 Å². The number of nitrogens with two attached hydrogens (primary N) is 1. The molecule has 2 N–H and O–H groups in total. The molecule has 0 aromatic carbocycles. The summed E-state index contributed by atoms with van der Waals surface area (Å²) in [6.07, 6.45) is 8.86. The Bertz CT molecular complexity index is 125. The van der Waals surface area contributed by atoms with Crippen LogP contribution >= 0.6 is 0 Å². The molecule has 2 fully saturated rings. The van der Waals surface area contributed by atoms with Crippen LogP contribution in [0.15, 0.2) is 0 Å². The zero-order chi connectivity index (χ0) is 7.68. The Morgan fingerprint density at radius 1 is 1.00 bits per heavy atom. The smallest absolute Gasteiger partial charge is 0.00461 e. The monoisotopic (exact) mass is 153 g/mol. The molecule has 2 aliphatic rings. The van der Waals surface area contributed by atoms with Crippen molar-refractivity contribution in [3.05, 3.63) is 0 Å². The van der Waals surface area contributed by atoms with Crippen molar-refractivity contribution in [1.29, 1.82) is 0 Å². The van der Waals surface area contributed by atoms with Gasteiger partial charge in [-0.1, -0.05) is 25.7 Å². The molecule has 0 aliphatic heterocycles. The second-order valence-electron chi connectivity index (χ2n) is 4.28. The lowest BCUT2D eigenvalue weighted by Crippen LogP contribution is -2.36. The van der Waals surface area contributed by atoms with Crippen LogP contribution in [0.2, 0.25) is 0 Å². The maximum Gasteiger partial charge on any atom is -0.00461 e. The normalized spacial score (nSPS) is 39.0. The van der Waals surface area contributed by atoms with E-state index in [-0.39, 0.29) is 0 Å². The topological polar surface area (TPSA) is 26.0 Å². The van der Waals surface area contributed by atoms with Crippen LogP contribution < -0.4 is 5.73 Å². The first-order chi connectivity index (χ1) is 5.42. The fourth-order valence-corrected chi connectivity index (χ4v) is 2.89. The lowest BCUT2D eigenvalue weighted by atomic mass is 9.66. The summed E-state index contributed by atoms with van der Waals surface area (Å²) in [6, 6.07) is 0. The van der Waals surface area contributed by atoms with E-state index in [1.54, 1.807) is 0 Å². The third kappa shape index (κ3) is 1.31. The average molecular weight is 153 g/mol. The first-order valence-corrected chi connectivity index (χ1v) is 5.12. The number of hydrogen-bond acceptors (Lipinski definition) is 1. The summed E-state index contributed by atoms with van der Waals surface area (Å²) in [6.45, 7) is 0.946. The largest absolute Gasteiger partial charge is 0.330 e. The van der Waals surface area contributed by atoms with Crippen LogP contribution in [-0.2, 0) is 0 Å². The number of hydrogen-bond donors (Lipinski definition) is 1. The van der Waals surface area contributed by atoms with Gasteiger partial charge in [0.25, 0.3) is 0 Å².